The summed E-state index contributed by atoms with van der Waals surface area (Å²) in [6.45, 7) is 2.00. The van der Waals surface area contributed by atoms with Crippen molar-refractivity contribution in [3.63, 3.8) is 0 Å². The molecule has 0 radical (unpaired) electrons. The molecule has 0 amide bonds. The Morgan fingerprint density at radius 1 is 1.57 bits per heavy atom. The molecule has 0 aromatic heterocycles. The van der Waals surface area contributed by atoms with Crippen molar-refractivity contribution in [2.45, 2.75) is 13.3 Å². The van der Waals surface area contributed by atoms with Crippen molar-refractivity contribution in [3.05, 3.63) is 31.3 Å². The van der Waals surface area contributed by atoms with Crippen molar-refractivity contribution in [1.82, 2.24) is 0 Å². The number of benzene rings is 1. The molecule has 0 bridgehead atoms. The second-order valence-corrected chi connectivity index (χ2v) is 4.83. The third-order valence-electron chi connectivity index (χ3n) is 2.01. The minimum absolute atomic E-state index is 0.203. The van der Waals surface area contributed by atoms with Gasteiger partial charge < -0.3 is 4.74 Å². The molecule has 0 saturated carbocycles. The van der Waals surface area contributed by atoms with E-state index in [2.05, 4.69) is 43.3 Å². The Kier molecular flexibility index (Phi) is 4.37. The van der Waals surface area contributed by atoms with Crippen molar-refractivity contribution in [2.75, 3.05) is 7.11 Å². The first-order valence-corrected chi connectivity index (χ1v) is 5.93. The maximum atomic E-state index is 11.1. The number of hydrogen-bond donors (Lipinski definition) is 0. The van der Waals surface area contributed by atoms with Gasteiger partial charge in [-0.15, -0.1) is 0 Å². The van der Waals surface area contributed by atoms with E-state index < -0.39 is 0 Å². The third kappa shape index (κ3) is 2.70. The molecule has 0 N–H and O–H groups in total. The SMILES string of the molecule is COC(=O)Cc1ccc(Br)c(I)c1C. The van der Waals surface area contributed by atoms with Gasteiger partial charge in [-0.3, -0.25) is 4.79 Å². The minimum atomic E-state index is -0.203. The Bertz CT molecular complexity index is 363. The van der Waals surface area contributed by atoms with E-state index in [4.69, 9.17) is 0 Å². The van der Waals surface area contributed by atoms with Crippen LogP contribution >= 0.6 is 38.5 Å². The molecule has 0 spiro atoms. The highest BCUT2D eigenvalue weighted by molar-refractivity contribution is 14.1. The molecule has 0 aliphatic heterocycles. The van der Waals surface area contributed by atoms with E-state index in [1.165, 1.54) is 7.11 Å². The first kappa shape index (κ1) is 12.0. The predicted octanol–water partition coefficient (Wildman–Crippen LogP) is 3.08. The van der Waals surface area contributed by atoms with Gasteiger partial charge in [-0.25, -0.2) is 0 Å². The fourth-order valence-electron chi connectivity index (χ4n) is 1.11. The van der Waals surface area contributed by atoms with E-state index in [-0.39, 0.29) is 5.97 Å². The molecule has 0 saturated heterocycles. The van der Waals surface area contributed by atoms with Crippen LogP contribution in [-0.4, -0.2) is 13.1 Å². The van der Waals surface area contributed by atoms with Gasteiger partial charge in [-0.05, 0) is 62.6 Å². The Hall–Kier alpha value is -0.100. The number of halogens is 2. The molecular weight excluding hydrogens is 359 g/mol. The summed E-state index contributed by atoms with van der Waals surface area (Å²) in [7, 11) is 1.40. The molecule has 0 aliphatic carbocycles. The van der Waals surface area contributed by atoms with Crippen molar-refractivity contribution in [3.8, 4) is 0 Å². The zero-order valence-electron chi connectivity index (χ0n) is 7.93. The van der Waals surface area contributed by atoms with Crippen molar-refractivity contribution < 1.29 is 9.53 Å². The van der Waals surface area contributed by atoms with Crippen LogP contribution in [-0.2, 0) is 16.0 Å². The highest BCUT2D eigenvalue weighted by Gasteiger charge is 2.09. The monoisotopic (exact) mass is 368 g/mol. The van der Waals surface area contributed by atoms with E-state index in [1.54, 1.807) is 0 Å². The van der Waals surface area contributed by atoms with Crippen LogP contribution in [0.15, 0.2) is 16.6 Å². The molecular formula is C10H10BrIO2. The molecule has 0 unspecified atom stereocenters. The summed E-state index contributed by atoms with van der Waals surface area (Å²) in [5.41, 5.74) is 2.15. The first-order valence-electron chi connectivity index (χ1n) is 4.06. The van der Waals surface area contributed by atoms with Crippen molar-refractivity contribution in [1.29, 1.82) is 0 Å². The third-order valence-corrected chi connectivity index (χ3v) is 4.81. The second-order valence-electron chi connectivity index (χ2n) is 2.90. The topological polar surface area (TPSA) is 26.3 Å². The normalized spacial score (nSPS) is 10.0. The Morgan fingerprint density at radius 3 is 2.79 bits per heavy atom. The summed E-state index contributed by atoms with van der Waals surface area (Å²) in [6, 6.07) is 3.89. The number of rotatable bonds is 2. The maximum Gasteiger partial charge on any atom is 0.309 e. The molecule has 1 aromatic carbocycles. The average molecular weight is 369 g/mol. The molecule has 76 valence electrons. The molecule has 14 heavy (non-hydrogen) atoms. The maximum absolute atomic E-state index is 11.1. The van der Waals surface area contributed by atoms with Crippen LogP contribution in [0.25, 0.3) is 0 Å². The highest BCUT2D eigenvalue weighted by atomic mass is 127. The lowest BCUT2D eigenvalue weighted by molar-refractivity contribution is -0.139. The van der Waals surface area contributed by atoms with Gasteiger partial charge in [0.05, 0.1) is 13.5 Å². The standard InChI is InChI=1S/C10H10BrIO2/c1-6-7(5-9(13)14-2)3-4-8(11)10(6)12/h3-4H,5H2,1-2H3. The fraction of sp³-hybridized carbons (Fsp3) is 0.300. The molecule has 0 atom stereocenters. The quantitative estimate of drug-likeness (QED) is 0.592. The summed E-state index contributed by atoms with van der Waals surface area (Å²) in [4.78, 5) is 11.1. The van der Waals surface area contributed by atoms with Gasteiger partial charge in [0.1, 0.15) is 0 Å². The average Bonchev–Trinajstić information content (AvgIpc) is 2.19. The van der Waals surface area contributed by atoms with Crippen LogP contribution in [0.5, 0.6) is 0 Å². The summed E-state index contributed by atoms with van der Waals surface area (Å²) in [5, 5.41) is 0. The van der Waals surface area contributed by atoms with Gasteiger partial charge in [-0.1, -0.05) is 6.07 Å². The van der Waals surface area contributed by atoms with Gasteiger partial charge in [0, 0.05) is 8.04 Å². The summed E-state index contributed by atoms with van der Waals surface area (Å²) >= 11 is 5.69. The lowest BCUT2D eigenvalue weighted by atomic mass is 10.1. The largest absolute Gasteiger partial charge is 0.469 e. The minimum Gasteiger partial charge on any atom is -0.469 e. The zero-order valence-corrected chi connectivity index (χ0v) is 11.7. The van der Waals surface area contributed by atoms with E-state index >= 15 is 0 Å². The van der Waals surface area contributed by atoms with Crippen molar-refractivity contribution in [2.24, 2.45) is 0 Å². The number of carbonyl (C=O) groups excluding carboxylic acids is 1. The van der Waals surface area contributed by atoms with Gasteiger partial charge in [0.25, 0.3) is 0 Å². The van der Waals surface area contributed by atoms with Crippen LogP contribution in [0.1, 0.15) is 11.1 Å². The molecule has 4 heteroatoms. The summed E-state index contributed by atoms with van der Waals surface area (Å²) < 4.78 is 6.83. The molecule has 1 rings (SSSR count). The van der Waals surface area contributed by atoms with Crippen LogP contribution in [0.4, 0.5) is 0 Å². The Labute approximate surface area is 105 Å². The molecule has 0 aliphatic rings. The zero-order chi connectivity index (χ0) is 10.7. The van der Waals surface area contributed by atoms with E-state index in [0.717, 1.165) is 19.2 Å². The Balaban J connectivity index is 3.00. The van der Waals surface area contributed by atoms with Gasteiger partial charge >= 0.3 is 5.97 Å². The van der Waals surface area contributed by atoms with Crippen LogP contribution in [0.3, 0.4) is 0 Å². The molecule has 1 aromatic rings. The first-order chi connectivity index (χ1) is 6.56. The smallest absolute Gasteiger partial charge is 0.309 e. The van der Waals surface area contributed by atoms with Crippen LogP contribution in [0.2, 0.25) is 0 Å². The number of hydrogen-bond acceptors (Lipinski definition) is 2. The highest BCUT2D eigenvalue weighted by Crippen LogP contribution is 2.25. The molecule has 0 fully saturated rings. The number of ether oxygens (including phenoxy) is 1. The lowest BCUT2D eigenvalue weighted by Crippen LogP contribution is -2.06. The lowest BCUT2D eigenvalue weighted by Gasteiger charge is -2.07. The fourth-order valence-corrected chi connectivity index (χ4v) is 2.07. The summed E-state index contributed by atoms with van der Waals surface area (Å²) in [5.74, 6) is -0.203. The summed E-state index contributed by atoms with van der Waals surface area (Å²) in [6.07, 6.45) is 0.339. The second kappa shape index (κ2) is 5.11. The van der Waals surface area contributed by atoms with Gasteiger partial charge in [0.2, 0.25) is 0 Å². The molecule has 2 nitrogen and oxygen atoms in total. The van der Waals surface area contributed by atoms with E-state index in [9.17, 15) is 4.79 Å². The number of carbonyl (C=O) groups is 1. The van der Waals surface area contributed by atoms with Gasteiger partial charge in [-0.2, -0.15) is 0 Å². The molecule has 0 heterocycles. The van der Waals surface area contributed by atoms with E-state index in [0.29, 0.717) is 6.42 Å². The number of esters is 1. The van der Waals surface area contributed by atoms with Crippen LogP contribution < -0.4 is 0 Å². The Morgan fingerprint density at radius 2 is 2.21 bits per heavy atom. The van der Waals surface area contributed by atoms with Crippen LogP contribution in [0, 0.1) is 10.5 Å². The predicted molar refractivity (Wildman–Crippen MR) is 67.3 cm³/mol. The number of methoxy groups -OCH3 is 1. The van der Waals surface area contributed by atoms with Crippen molar-refractivity contribution >= 4 is 44.5 Å². The van der Waals surface area contributed by atoms with E-state index in [1.807, 2.05) is 19.1 Å². The van der Waals surface area contributed by atoms with Gasteiger partial charge in [0.15, 0.2) is 0 Å².